The van der Waals surface area contributed by atoms with Crippen LogP contribution in [-0.4, -0.2) is 38.0 Å². The molecule has 0 saturated carbocycles. The Morgan fingerprint density at radius 3 is 2.60 bits per heavy atom. The first-order valence-electron chi connectivity index (χ1n) is 9.06. The summed E-state index contributed by atoms with van der Waals surface area (Å²) < 4.78 is 22.8. The quantitative estimate of drug-likeness (QED) is 0.521. The summed E-state index contributed by atoms with van der Waals surface area (Å²) in [5.41, 5.74) is 6.65. The maximum absolute atomic E-state index is 12.5. The van der Waals surface area contributed by atoms with Gasteiger partial charge in [0.2, 0.25) is 11.9 Å². The number of para-hydroxylation sites is 2. The first-order valence-corrected chi connectivity index (χ1v) is 10.4. The lowest BCUT2D eigenvalue weighted by Crippen LogP contribution is -2.13. The Hall–Kier alpha value is -3.53. The maximum Gasteiger partial charge on any atom is 0.339 e. The number of hydrogen-bond donors (Lipinski definition) is 2. The van der Waals surface area contributed by atoms with Crippen LogP contribution in [0.3, 0.4) is 0 Å². The topological polar surface area (TPSA) is 129 Å². The van der Waals surface area contributed by atoms with Gasteiger partial charge in [0.15, 0.2) is 12.4 Å². The van der Waals surface area contributed by atoms with Crippen molar-refractivity contribution in [3.05, 3.63) is 59.9 Å². The molecule has 1 heterocycles. The summed E-state index contributed by atoms with van der Waals surface area (Å²) in [6.45, 7) is 1.56. The van der Waals surface area contributed by atoms with E-state index in [1.165, 1.54) is 0 Å². The van der Waals surface area contributed by atoms with Gasteiger partial charge in [0, 0.05) is 5.75 Å². The Morgan fingerprint density at radius 2 is 1.83 bits per heavy atom. The third-order valence-electron chi connectivity index (χ3n) is 4.00. The highest BCUT2D eigenvalue weighted by molar-refractivity contribution is 7.85. The highest BCUT2D eigenvalue weighted by atomic mass is 32.2. The summed E-state index contributed by atoms with van der Waals surface area (Å²) in [6, 6.07) is 13.9. The predicted octanol–water partition coefficient (Wildman–Crippen LogP) is 2.69. The van der Waals surface area contributed by atoms with Crippen molar-refractivity contribution in [1.82, 2.24) is 15.0 Å². The lowest BCUT2D eigenvalue weighted by Gasteiger charge is -2.11. The van der Waals surface area contributed by atoms with E-state index < -0.39 is 16.8 Å². The molecular weight excluding hydrogens is 406 g/mol. The van der Waals surface area contributed by atoms with E-state index in [2.05, 4.69) is 20.3 Å². The number of methoxy groups -OCH3 is 1. The number of carbonyl (C=O) groups is 1. The van der Waals surface area contributed by atoms with Gasteiger partial charge in [-0.15, -0.1) is 0 Å². The smallest absolute Gasteiger partial charge is 0.339 e. The lowest BCUT2D eigenvalue weighted by molar-refractivity contribution is 0.0458. The van der Waals surface area contributed by atoms with Gasteiger partial charge in [0.1, 0.15) is 5.75 Å². The van der Waals surface area contributed by atoms with Crippen LogP contribution in [0.1, 0.15) is 23.1 Å². The van der Waals surface area contributed by atoms with Crippen LogP contribution in [0.25, 0.3) is 0 Å². The molecule has 3 aromatic rings. The molecule has 10 heteroatoms. The van der Waals surface area contributed by atoms with E-state index >= 15 is 0 Å². The Bertz CT molecular complexity index is 1080. The number of nitrogens with zero attached hydrogens (tertiary/aromatic N) is 3. The van der Waals surface area contributed by atoms with Gasteiger partial charge in [0.25, 0.3) is 0 Å². The van der Waals surface area contributed by atoms with Gasteiger partial charge >= 0.3 is 5.97 Å². The standard InChI is InChI=1S/C20H21N5O4S/c1-3-30(27)16-11-7-4-8-13(16)18(26)29-12-17-23-19(21)25-20(24-17)22-14-9-5-6-10-15(14)28-2/h4-11H,3,12H2,1-2H3,(H3,21,22,23,24,25). The van der Waals surface area contributed by atoms with Gasteiger partial charge in [-0.1, -0.05) is 31.2 Å². The van der Waals surface area contributed by atoms with Crippen molar-refractivity contribution in [3.63, 3.8) is 0 Å². The third kappa shape index (κ3) is 5.09. The fourth-order valence-electron chi connectivity index (χ4n) is 2.62. The highest BCUT2D eigenvalue weighted by Gasteiger charge is 2.17. The maximum atomic E-state index is 12.5. The Morgan fingerprint density at radius 1 is 1.10 bits per heavy atom. The lowest BCUT2D eigenvalue weighted by atomic mass is 10.2. The molecule has 156 valence electrons. The second-order valence-corrected chi connectivity index (χ2v) is 7.67. The summed E-state index contributed by atoms with van der Waals surface area (Å²) in [7, 11) is 0.264. The Labute approximate surface area is 176 Å². The zero-order chi connectivity index (χ0) is 21.5. The number of ether oxygens (including phenoxy) is 2. The molecule has 3 N–H and O–H groups in total. The van der Waals surface area contributed by atoms with Crippen molar-refractivity contribution in [3.8, 4) is 5.75 Å². The number of nitrogen functional groups attached to an aromatic ring is 1. The molecule has 2 aromatic carbocycles. The number of nitrogens with two attached hydrogens (primary N) is 1. The molecule has 0 radical (unpaired) electrons. The number of nitrogens with one attached hydrogen (secondary N) is 1. The predicted molar refractivity (Wildman–Crippen MR) is 113 cm³/mol. The minimum absolute atomic E-state index is 0.0269. The summed E-state index contributed by atoms with van der Waals surface area (Å²) in [6.07, 6.45) is 0. The van der Waals surface area contributed by atoms with Gasteiger partial charge in [-0.3, -0.25) is 4.21 Å². The molecule has 0 aliphatic rings. The molecule has 1 aromatic heterocycles. The van der Waals surface area contributed by atoms with Crippen LogP contribution in [0.2, 0.25) is 0 Å². The second kappa shape index (κ2) is 9.79. The first-order chi connectivity index (χ1) is 14.5. The fourth-order valence-corrected chi connectivity index (χ4v) is 3.56. The molecule has 9 nitrogen and oxygen atoms in total. The zero-order valence-electron chi connectivity index (χ0n) is 16.5. The summed E-state index contributed by atoms with van der Waals surface area (Å²) in [5.74, 6) is 0.705. The van der Waals surface area contributed by atoms with E-state index in [0.717, 1.165) is 0 Å². The van der Waals surface area contributed by atoms with Crippen LogP contribution in [0.15, 0.2) is 53.4 Å². The van der Waals surface area contributed by atoms with E-state index in [-0.39, 0.29) is 29.9 Å². The van der Waals surface area contributed by atoms with E-state index in [9.17, 15) is 9.00 Å². The molecule has 1 unspecified atom stereocenters. The van der Waals surface area contributed by atoms with Gasteiger partial charge in [-0.25, -0.2) is 4.79 Å². The zero-order valence-corrected chi connectivity index (χ0v) is 17.3. The summed E-state index contributed by atoms with van der Waals surface area (Å²) in [4.78, 5) is 25.2. The van der Waals surface area contributed by atoms with Gasteiger partial charge < -0.3 is 20.5 Å². The van der Waals surface area contributed by atoms with Crippen molar-refractivity contribution in [2.45, 2.75) is 18.4 Å². The molecule has 0 aliphatic carbocycles. The van der Waals surface area contributed by atoms with Crippen LogP contribution in [0, 0.1) is 0 Å². The van der Waals surface area contributed by atoms with E-state index in [4.69, 9.17) is 15.2 Å². The molecule has 0 amide bonds. The average Bonchev–Trinajstić information content (AvgIpc) is 2.77. The van der Waals surface area contributed by atoms with Crippen molar-refractivity contribution in [2.75, 3.05) is 23.9 Å². The van der Waals surface area contributed by atoms with Crippen LogP contribution in [0.4, 0.5) is 17.6 Å². The number of anilines is 3. The van der Waals surface area contributed by atoms with Gasteiger partial charge in [0.05, 0.1) is 34.1 Å². The molecule has 0 saturated heterocycles. The number of esters is 1. The number of hydrogen-bond acceptors (Lipinski definition) is 9. The minimum Gasteiger partial charge on any atom is -0.495 e. The van der Waals surface area contributed by atoms with Crippen molar-refractivity contribution >= 4 is 34.4 Å². The number of carbonyl (C=O) groups excluding carboxylic acids is 1. The minimum atomic E-state index is -1.29. The molecule has 1 atom stereocenters. The molecule has 0 aliphatic heterocycles. The normalized spacial score (nSPS) is 11.5. The molecular formula is C20H21N5O4S. The van der Waals surface area contributed by atoms with Crippen molar-refractivity contribution in [1.29, 1.82) is 0 Å². The summed E-state index contributed by atoms with van der Waals surface area (Å²) in [5, 5.41) is 3.01. The number of rotatable bonds is 8. The van der Waals surface area contributed by atoms with E-state index in [1.54, 1.807) is 50.4 Å². The first kappa shape index (κ1) is 21.2. The second-order valence-electron chi connectivity index (χ2n) is 5.97. The van der Waals surface area contributed by atoms with Crippen molar-refractivity contribution in [2.24, 2.45) is 0 Å². The van der Waals surface area contributed by atoms with Crippen molar-refractivity contribution < 1.29 is 18.5 Å². The SMILES string of the molecule is CCS(=O)c1ccccc1C(=O)OCc1nc(N)nc(Nc2ccccc2OC)n1. The monoisotopic (exact) mass is 427 g/mol. The van der Waals surface area contributed by atoms with E-state index in [1.807, 2.05) is 12.1 Å². The Balaban J connectivity index is 1.75. The summed E-state index contributed by atoms with van der Waals surface area (Å²) >= 11 is 0. The average molecular weight is 427 g/mol. The van der Waals surface area contributed by atoms with Crippen LogP contribution in [-0.2, 0) is 22.1 Å². The molecule has 0 spiro atoms. The fraction of sp³-hybridized carbons (Fsp3) is 0.200. The van der Waals surface area contributed by atoms with E-state index in [0.29, 0.717) is 22.1 Å². The highest BCUT2D eigenvalue weighted by Crippen LogP contribution is 2.25. The molecule has 30 heavy (non-hydrogen) atoms. The third-order valence-corrected chi connectivity index (χ3v) is 5.37. The van der Waals surface area contributed by atoms with Gasteiger partial charge in [-0.2, -0.15) is 15.0 Å². The van der Waals surface area contributed by atoms with Crippen LogP contribution in [0.5, 0.6) is 5.75 Å². The molecule has 3 rings (SSSR count). The van der Waals surface area contributed by atoms with Gasteiger partial charge in [-0.05, 0) is 24.3 Å². The Kier molecular flexibility index (Phi) is 6.91. The van der Waals surface area contributed by atoms with Crippen LogP contribution < -0.4 is 15.8 Å². The largest absolute Gasteiger partial charge is 0.495 e. The number of benzene rings is 2. The van der Waals surface area contributed by atoms with Crippen LogP contribution >= 0.6 is 0 Å². The molecule has 0 bridgehead atoms. The molecule has 0 fully saturated rings. The number of aromatic nitrogens is 3.